The van der Waals surface area contributed by atoms with Gasteiger partial charge >= 0.3 is 0 Å². The zero-order valence-corrected chi connectivity index (χ0v) is 12.5. The van der Waals surface area contributed by atoms with Crippen molar-refractivity contribution in [2.45, 2.75) is 32.1 Å². The molecular formula is C18H17N3O. The molecule has 0 radical (unpaired) electrons. The van der Waals surface area contributed by atoms with E-state index in [1.165, 1.54) is 0 Å². The molecule has 0 spiro atoms. The van der Waals surface area contributed by atoms with E-state index in [1.54, 1.807) is 6.20 Å². The van der Waals surface area contributed by atoms with Crippen molar-refractivity contribution >= 4 is 0 Å². The summed E-state index contributed by atoms with van der Waals surface area (Å²) in [7, 11) is 0. The minimum atomic E-state index is 0.425. The maximum Gasteiger partial charge on any atom is 0.245 e. The van der Waals surface area contributed by atoms with Crippen LogP contribution in [0.3, 0.4) is 0 Å². The van der Waals surface area contributed by atoms with Crippen LogP contribution in [0.2, 0.25) is 0 Å². The molecule has 1 atom stereocenters. The lowest BCUT2D eigenvalue weighted by Crippen LogP contribution is -2.13. The summed E-state index contributed by atoms with van der Waals surface area (Å²) in [5, 5.41) is 0. The average Bonchev–Trinajstić information content (AvgIpc) is 2.99. The third-order valence-corrected chi connectivity index (χ3v) is 4.15. The fourth-order valence-corrected chi connectivity index (χ4v) is 3.02. The molecule has 3 aromatic heterocycles. The molecule has 4 nitrogen and oxygen atoms in total. The van der Waals surface area contributed by atoms with Crippen molar-refractivity contribution in [1.82, 2.24) is 15.0 Å². The van der Waals surface area contributed by atoms with Gasteiger partial charge < -0.3 is 4.42 Å². The Balaban J connectivity index is 1.63. The number of oxazole rings is 1. The van der Waals surface area contributed by atoms with Gasteiger partial charge in [-0.2, -0.15) is 0 Å². The first kappa shape index (κ1) is 13.2. The lowest BCUT2D eigenvalue weighted by atomic mass is 9.87. The number of aryl methyl sites for hydroxylation is 2. The number of pyridine rings is 2. The Morgan fingerprint density at radius 1 is 1.09 bits per heavy atom. The second-order valence-corrected chi connectivity index (χ2v) is 5.75. The molecule has 110 valence electrons. The van der Waals surface area contributed by atoms with Gasteiger partial charge in [0.1, 0.15) is 11.5 Å². The van der Waals surface area contributed by atoms with E-state index in [9.17, 15) is 0 Å². The molecule has 0 fully saturated rings. The van der Waals surface area contributed by atoms with Crippen molar-refractivity contribution in [1.29, 1.82) is 0 Å². The van der Waals surface area contributed by atoms with E-state index in [0.717, 1.165) is 47.8 Å². The van der Waals surface area contributed by atoms with Crippen LogP contribution in [-0.4, -0.2) is 15.0 Å². The van der Waals surface area contributed by atoms with Crippen molar-refractivity contribution in [2.24, 2.45) is 0 Å². The highest BCUT2D eigenvalue weighted by atomic mass is 16.4. The van der Waals surface area contributed by atoms with Crippen LogP contribution in [-0.2, 0) is 12.8 Å². The third-order valence-electron chi connectivity index (χ3n) is 4.15. The molecule has 0 aliphatic heterocycles. The predicted molar refractivity (Wildman–Crippen MR) is 83.5 cm³/mol. The van der Waals surface area contributed by atoms with Crippen LogP contribution in [0.25, 0.3) is 11.6 Å². The first-order valence-electron chi connectivity index (χ1n) is 7.63. The van der Waals surface area contributed by atoms with E-state index in [2.05, 4.69) is 27.1 Å². The summed E-state index contributed by atoms with van der Waals surface area (Å²) >= 11 is 0. The van der Waals surface area contributed by atoms with Crippen molar-refractivity contribution in [3.05, 3.63) is 65.4 Å². The Hall–Kier alpha value is -2.49. The third kappa shape index (κ3) is 2.41. The summed E-state index contributed by atoms with van der Waals surface area (Å²) in [6.07, 6.45) is 4.62. The van der Waals surface area contributed by atoms with Gasteiger partial charge in [-0.15, -0.1) is 0 Å². The summed E-state index contributed by atoms with van der Waals surface area (Å²) in [5.41, 5.74) is 4.08. The predicted octanol–water partition coefficient (Wildman–Crippen LogP) is 3.71. The molecule has 1 unspecified atom stereocenters. The molecule has 1 aliphatic rings. The van der Waals surface area contributed by atoms with E-state index < -0.39 is 0 Å². The monoisotopic (exact) mass is 291 g/mol. The molecule has 0 saturated carbocycles. The zero-order chi connectivity index (χ0) is 14.9. The molecule has 22 heavy (non-hydrogen) atoms. The van der Waals surface area contributed by atoms with Gasteiger partial charge in [-0.25, -0.2) is 4.98 Å². The Kier molecular flexibility index (Phi) is 3.22. The van der Waals surface area contributed by atoms with Crippen molar-refractivity contribution in [3.63, 3.8) is 0 Å². The summed E-state index contributed by atoms with van der Waals surface area (Å²) in [5.74, 6) is 2.06. The van der Waals surface area contributed by atoms with Crippen LogP contribution in [0, 0.1) is 6.92 Å². The Morgan fingerprint density at radius 3 is 2.86 bits per heavy atom. The highest BCUT2D eigenvalue weighted by molar-refractivity contribution is 5.47. The van der Waals surface area contributed by atoms with Gasteiger partial charge in [0.05, 0.1) is 5.69 Å². The molecule has 0 amide bonds. The SMILES string of the molecule is Cc1cccc(C2CCc3oc(-c4ccccn4)nc3C2)n1. The molecule has 0 N–H and O–H groups in total. The first-order valence-corrected chi connectivity index (χ1v) is 7.63. The van der Waals surface area contributed by atoms with Gasteiger partial charge in [-0.3, -0.25) is 9.97 Å². The normalized spacial score (nSPS) is 17.2. The van der Waals surface area contributed by atoms with E-state index in [0.29, 0.717) is 11.8 Å². The maximum absolute atomic E-state index is 5.91. The molecule has 0 saturated heterocycles. The summed E-state index contributed by atoms with van der Waals surface area (Å²) in [4.78, 5) is 13.6. The number of hydrogen-bond acceptors (Lipinski definition) is 4. The van der Waals surface area contributed by atoms with Gasteiger partial charge in [0, 0.05) is 36.3 Å². The molecule has 0 aromatic carbocycles. The fourth-order valence-electron chi connectivity index (χ4n) is 3.02. The molecule has 0 bridgehead atoms. The highest BCUT2D eigenvalue weighted by Gasteiger charge is 2.26. The number of rotatable bonds is 2. The molecule has 4 heteroatoms. The van der Waals surface area contributed by atoms with E-state index in [4.69, 9.17) is 4.42 Å². The molecule has 4 rings (SSSR count). The van der Waals surface area contributed by atoms with Gasteiger partial charge in [-0.05, 0) is 37.6 Å². The number of nitrogens with zero attached hydrogens (tertiary/aromatic N) is 3. The van der Waals surface area contributed by atoms with Crippen LogP contribution >= 0.6 is 0 Å². The van der Waals surface area contributed by atoms with Crippen molar-refractivity contribution in [3.8, 4) is 11.6 Å². The smallest absolute Gasteiger partial charge is 0.245 e. The Bertz CT molecular complexity index is 795. The first-order chi connectivity index (χ1) is 10.8. The summed E-state index contributed by atoms with van der Waals surface area (Å²) in [6, 6.07) is 12.0. The molecule has 3 aromatic rings. The molecule has 1 aliphatic carbocycles. The standard InChI is InChI=1S/C18H17N3O/c1-12-5-4-7-14(20-12)13-8-9-17-16(11-13)21-18(22-17)15-6-2-3-10-19-15/h2-7,10,13H,8-9,11H2,1H3. The maximum atomic E-state index is 5.91. The van der Waals surface area contributed by atoms with Crippen molar-refractivity contribution in [2.75, 3.05) is 0 Å². The lowest BCUT2D eigenvalue weighted by molar-refractivity contribution is 0.460. The van der Waals surface area contributed by atoms with Crippen LogP contribution in [0.1, 0.15) is 35.2 Å². The summed E-state index contributed by atoms with van der Waals surface area (Å²) < 4.78 is 5.91. The fraction of sp³-hybridized carbons (Fsp3) is 0.278. The number of fused-ring (bicyclic) bond motifs is 1. The van der Waals surface area contributed by atoms with Crippen LogP contribution in [0.4, 0.5) is 0 Å². The van der Waals surface area contributed by atoms with E-state index in [1.807, 2.05) is 31.2 Å². The number of hydrogen-bond donors (Lipinski definition) is 0. The second kappa shape index (κ2) is 5.37. The van der Waals surface area contributed by atoms with Gasteiger partial charge in [-0.1, -0.05) is 12.1 Å². The van der Waals surface area contributed by atoms with Gasteiger partial charge in [0.15, 0.2) is 0 Å². The minimum absolute atomic E-state index is 0.425. The number of aromatic nitrogens is 3. The van der Waals surface area contributed by atoms with Crippen LogP contribution in [0.15, 0.2) is 47.0 Å². The van der Waals surface area contributed by atoms with Gasteiger partial charge in [0.2, 0.25) is 5.89 Å². The van der Waals surface area contributed by atoms with E-state index >= 15 is 0 Å². The zero-order valence-electron chi connectivity index (χ0n) is 12.5. The Labute approximate surface area is 129 Å². The topological polar surface area (TPSA) is 51.8 Å². The van der Waals surface area contributed by atoms with Crippen LogP contribution < -0.4 is 0 Å². The Morgan fingerprint density at radius 2 is 2.05 bits per heavy atom. The minimum Gasteiger partial charge on any atom is -0.440 e. The quantitative estimate of drug-likeness (QED) is 0.722. The van der Waals surface area contributed by atoms with Crippen LogP contribution in [0.5, 0.6) is 0 Å². The van der Waals surface area contributed by atoms with Gasteiger partial charge in [0.25, 0.3) is 0 Å². The molecular weight excluding hydrogens is 274 g/mol. The van der Waals surface area contributed by atoms with Crippen molar-refractivity contribution < 1.29 is 4.42 Å². The lowest BCUT2D eigenvalue weighted by Gasteiger charge is -2.19. The highest BCUT2D eigenvalue weighted by Crippen LogP contribution is 2.33. The largest absolute Gasteiger partial charge is 0.440 e. The summed E-state index contributed by atoms with van der Waals surface area (Å²) in [6.45, 7) is 2.03. The second-order valence-electron chi connectivity index (χ2n) is 5.75. The molecule has 3 heterocycles. The van der Waals surface area contributed by atoms with E-state index in [-0.39, 0.29) is 0 Å². The average molecular weight is 291 g/mol.